The van der Waals surface area contributed by atoms with Gasteiger partial charge < -0.3 is 5.32 Å². The van der Waals surface area contributed by atoms with Gasteiger partial charge >= 0.3 is 0 Å². The molecule has 0 saturated heterocycles. The minimum Gasteiger partial charge on any atom is -0.354 e. The van der Waals surface area contributed by atoms with Crippen molar-refractivity contribution < 1.29 is 0 Å². The molecule has 0 aliphatic carbocycles. The Labute approximate surface area is 144 Å². The van der Waals surface area contributed by atoms with Crippen LogP contribution in [0, 0.1) is 0 Å². The van der Waals surface area contributed by atoms with E-state index < -0.39 is 0 Å². The van der Waals surface area contributed by atoms with Gasteiger partial charge in [0.2, 0.25) is 0 Å². The highest BCUT2D eigenvalue weighted by Gasteiger charge is 2.16. The third kappa shape index (κ3) is 3.41. The number of aromatic nitrogens is 3. The smallest absolute Gasteiger partial charge is 0.127 e. The van der Waals surface area contributed by atoms with Crippen molar-refractivity contribution in [1.29, 1.82) is 0 Å². The number of hydrogen-bond donors (Lipinski definition) is 1. The van der Waals surface area contributed by atoms with Crippen LogP contribution in [0.5, 0.6) is 0 Å². The number of halogens is 1. The Morgan fingerprint density at radius 2 is 2.00 bits per heavy atom. The van der Waals surface area contributed by atoms with Gasteiger partial charge in [-0.05, 0) is 24.3 Å². The molecule has 0 saturated carbocycles. The van der Waals surface area contributed by atoms with Crippen molar-refractivity contribution in [2.24, 2.45) is 0 Å². The third-order valence-electron chi connectivity index (χ3n) is 3.47. The van der Waals surface area contributed by atoms with Gasteiger partial charge in [-0.25, -0.2) is 4.68 Å². The van der Waals surface area contributed by atoms with Gasteiger partial charge in [0.25, 0.3) is 0 Å². The van der Waals surface area contributed by atoms with Crippen LogP contribution < -0.4 is 5.32 Å². The average molecular weight is 343 g/mol. The topological polar surface area (TPSA) is 42.7 Å². The first kappa shape index (κ1) is 15.6. The zero-order valence-corrected chi connectivity index (χ0v) is 13.9. The summed E-state index contributed by atoms with van der Waals surface area (Å²) in [6.45, 7) is 3.82. The lowest BCUT2D eigenvalue weighted by molar-refractivity contribution is 0.434. The summed E-state index contributed by atoms with van der Waals surface area (Å²) in [5, 5.41) is 12.4. The summed E-state index contributed by atoms with van der Waals surface area (Å²) in [6, 6.07) is 15.2. The minimum absolute atomic E-state index is 0.150. The Morgan fingerprint density at radius 1 is 1.26 bits per heavy atom. The monoisotopic (exact) mass is 342 g/mol. The van der Waals surface area contributed by atoms with Crippen LogP contribution >= 0.6 is 23.8 Å². The van der Waals surface area contributed by atoms with Gasteiger partial charge in [-0.2, -0.15) is 0 Å². The molecule has 2 aromatic carbocycles. The fraction of sp³-hybridized carbons (Fsp3) is 0.118. The number of nitrogens with zero attached hydrogens (tertiary/aromatic N) is 3. The summed E-state index contributed by atoms with van der Waals surface area (Å²) in [7, 11) is 0. The molecule has 1 atom stereocenters. The van der Waals surface area contributed by atoms with Crippen LogP contribution in [0.3, 0.4) is 0 Å². The van der Waals surface area contributed by atoms with Gasteiger partial charge in [0.05, 0.1) is 5.52 Å². The molecule has 4 nitrogen and oxygen atoms in total. The highest BCUT2D eigenvalue weighted by atomic mass is 35.5. The van der Waals surface area contributed by atoms with E-state index in [-0.39, 0.29) is 6.17 Å². The van der Waals surface area contributed by atoms with Gasteiger partial charge in [-0.3, -0.25) is 0 Å². The van der Waals surface area contributed by atoms with E-state index in [0.717, 1.165) is 16.6 Å². The van der Waals surface area contributed by atoms with Gasteiger partial charge in [-0.1, -0.05) is 59.4 Å². The molecule has 0 aliphatic heterocycles. The van der Waals surface area contributed by atoms with E-state index in [1.165, 1.54) is 0 Å². The maximum absolute atomic E-state index is 5.92. The lowest BCUT2D eigenvalue weighted by Gasteiger charge is -2.20. The number of thiocarbonyl (C=S) groups is 1. The van der Waals surface area contributed by atoms with Crippen molar-refractivity contribution in [2.75, 3.05) is 0 Å². The van der Waals surface area contributed by atoms with Crippen LogP contribution in [-0.2, 0) is 0 Å². The number of para-hydroxylation sites is 1. The van der Waals surface area contributed by atoms with E-state index in [0.29, 0.717) is 16.4 Å². The largest absolute Gasteiger partial charge is 0.354 e. The number of hydrogen-bond acceptors (Lipinski definition) is 3. The van der Waals surface area contributed by atoms with E-state index in [9.17, 15) is 0 Å². The van der Waals surface area contributed by atoms with E-state index in [2.05, 4.69) is 22.2 Å². The van der Waals surface area contributed by atoms with E-state index >= 15 is 0 Å². The predicted molar refractivity (Wildman–Crippen MR) is 97.7 cm³/mol. The molecule has 0 radical (unpaired) electrons. The molecule has 3 aromatic rings. The van der Waals surface area contributed by atoms with Gasteiger partial charge in [0.15, 0.2) is 0 Å². The quantitative estimate of drug-likeness (QED) is 0.559. The lowest BCUT2D eigenvalue weighted by atomic mass is 10.2. The highest BCUT2D eigenvalue weighted by Crippen LogP contribution is 2.18. The first-order valence-corrected chi connectivity index (χ1v) is 7.95. The third-order valence-corrected chi connectivity index (χ3v) is 4.07. The van der Waals surface area contributed by atoms with Gasteiger partial charge in [-0.15, -0.1) is 11.7 Å². The molecular formula is C17H15ClN4S. The molecule has 116 valence electrons. The molecule has 0 amide bonds. The van der Waals surface area contributed by atoms with Gasteiger partial charge in [0, 0.05) is 17.0 Å². The number of rotatable bonds is 5. The standard InChI is InChI=1S/C17H15ClN4S/c1-2-5-16(19-17(23)12-8-10-13(18)11-9-12)22-15-7-4-3-6-14(15)20-21-22/h2-4,6-11,16H,1,5H2,(H,19,23). The number of nitrogens with one attached hydrogen (secondary N) is 1. The van der Waals surface area contributed by atoms with Crippen molar-refractivity contribution >= 4 is 39.8 Å². The lowest BCUT2D eigenvalue weighted by Crippen LogP contribution is -2.32. The van der Waals surface area contributed by atoms with Crippen molar-refractivity contribution in [1.82, 2.24) is 20.3 Å². The van der Waals surface area contributed by atoms with Crippen LogP contribution in [0.1, 0.15) is 18.2 Å². The Kier molecular flexibility index (Phi) is 4.69. The maximum Gasteiger partial charge on any atom is 0.127 e. The summed E-state index contributed by atoms with van der Waals surface area (Å²) in [5.74, 6) is 0. The van der Waals surface area contributed by atoms with Crippen LogP contribution in [0.15, 0.2) is 61.2 Å². The molecule has 1 unspecified atom stereocenters. The Balaban J connectivity index is 1.88. The first-order chi connectivity index (χ1) is 11.2. The normalized spacial score (nSPS) is 12.0. The van der Waals surface area contributed by atoms with E-state index in [1.54, 1.807) is 0 Å². The molecule has 1 heterocycles. The minimum atomic E-state index is -0.150. The molecule has 0 aliphatic rings. The average Bonchev–Trinajstić information content (AvgIpc) is 2.99. The molecular weight excluding hydrogens is 328 g/mol. The van der Waals surface area contributed by atoms with Crippen molar-refractivity contribution in [3.63, 3.8) is 0 Å². The summed E-state index contributed by atoms with van der Waals surface area (Å²) < 4.78 is 1.83. The molecule has 3 rings (SSSR count). The number of benzene rings is 2. The summed E-state index contributed by atoms with van der Waals surface area (Å²) in [5.41, 5.74) is 2.70. The molecule has 23 heavy (non-hydrogen) atoms. The van der Waals surface area contributed by atoms with E-state index in [4.69, 9.17) is 23.8 Å². The van der Waals surface area contributed by atoms with Crippen molar-refractivity contribution in [3.05, 3.63) is 71.8 Å². The molecule has 0 spiro atoms. The SMILES string of the molecule is C=CCC(NC(=S)c1ccc(Cl)cc1)n1nnc2ccccc21. The summed E-state index contributed by atoms with van der Waals surface area (Å²) in [4.78, 5) is 0.632. The fourth-order valence-electron chi connectivity index (χ4n) is 2.33. The van der Waals surface area contributed by atoms with Gasteiger partial charge in [0.1, 0.15) is 16.7 Å². The van der Waals surface area contributed by atoms with Crippen LogP contribution in [-0.4, -0.2) is 20.0 Å². The zero-order valence-electron chi connectivity index (χ0n) is 12.3. The Morgan fingerprint density at radius 3 is 2.74 bits per heavy atom. The molecule has 1 aromatic heterocycles. The predicted octanol–water partition coefficient (Wildman–Crippen LogP) is 4.12. The molecule has 0 bridgehead atoms. The summed E-state index contributed by atoms with van der Waals surface area (Å²) >= 11 is 11.4. The molecule has 0 fully saturated rings. The van der Waals surface area contributed by atoms with E-state index in [1.807, 2.05) is 59.3 Å². The number of fused-ring (bicyclic) bond motifs is 1. The summed E-state index contributed by atoms with van der Waals surface area (Å²) in [6.07, 6.45) is 2.35. The van der Waals surface area contributed by atoms with Crippen LogP contribution in [0.4, 0.5) is 0 Å². The Hall–Kier alpha value is -2.24. The second-order valence-corrected chi connectivity index (χ2v) is 5.89. The van der Waals surface area contributed by atoms with Crippen LogP contribution in [0.2, 0.25) is 5.02 Å². The Bertz CT molecular complexity index is 841. The second-order valence-electron chi connectivity index (χ2n) is 5.04. The first-order valence-electron chi connectivity index (χ1n) is 7.16. The fourth-order valence-corrected chi connectivity index (χ4v) is 2.73. The highest BCUT2D eigenvalue weighted by molar-refractivity contribution is 7.80. The maximum atomic E-state index is 5.92. The van der Waals surface area contributed by atoms with Crippen molar-refractivity contribution in [2.45, 2.75) is 12.6 Å². The molecule has 6 heteroatoms. The second kappa shape index (κ2) is 6.89. The van der Waals surface area contributed by atoms with Crippen molar-refractivity contribution in [3.8, 4) is 0 Å². The zero-order chi connectivity index (χ0) is 16.2. The molecule has 1 N–H and O–H groups in total. The van der Waals surface area contributed by atoms with Crippen LogP contribution in [0.25, 0.3) is 11.0 Å².